The predicted octanol–water partition coefficient (Wildman–Crippen LogP) is 1.25. The van der Waals surface area contributed by atoms with Crippen LogP contribution in [0.2, 0.25) is 0 Å². The molecule has 4 nitrogen and oxygen atoms in total. The summed E-state index contributed by atoms with van der Waals surface area (Å²) in [5.74, 6) is 0. The van der Waals surface area contributed by atoms with Crippen molar-refractivity contribution in [2.45, 2.75) is 25.4 Å². The molecule has 1 heterocycles. The monoisotopic (exact) mass is 278 g/mol. The highest BCUT2D eigenvalue weighted by Crippen LogP contribution is 2.13. The quantitative estimate of drug-likeness (QED) is 0.703. The molecule has 0 saturated carbocycles. The zero-order chi connectivity index (χ0) is 14.0. The van der Waals surface area contributed by atoms with Crippen LogP contribution in [0.4, 0.5) is 0 Å². The molecule has 1 aromatic carbocycles. The van der Waals surface area contributed by atoms with Gasteiger partial charge in [-0.15, -0.1) is 0 Å². The van der Waals surface area contributed by atoms with Crippen molar-refractivity contribution < 1.29 is 9.84 Å². The zero-order valence-electron chi connectivity index (χ0n) is 12.1. The van der Waals surface area contributed by atoms with E-state index in [2.05, 4.69) is 40.5 Å². The summed E-state index contributed by atoms with van der Waals surface area (Å²) in [4.78, 5) is 2.52. The summed E-state index contributed by atoms with van der Waals surface area (Å²) in [5.41, 5.74) is 1.39. The van der Waals surface area contributed by atoms with E-state index in [0.29, 0.717) is 19.3 Å². The van der Waals surface area contributed by atoms with Crippen molar-refractivity contribution in [1.82, 2.24) is 10.2 Å². The highest BCUT2D eigenvalue weighted by atomic mass is 16.5. The first-order valence-electron chi connectivity index (χ1n) is 7.57. The van der Waals surface area contributed by atoms with Gasteiger partial charge in [0.25, 0.3) is 0 Å². The first-order chi connectivity index (χ1) is 9.88. The molecular formula is C16H26N2O2. The molecule has 112 valence electrons. The minimum Gasteiger partial charge on any atom is -0.394 e. The summed E-state index contributed by atoms with van der Waals surface area (Å²) in [6.45, 7) is 5.42. The Labute approximate surface area is 121 Å². The normalized spacial score (nSPS) is 20.1. The molecule has 0 aromatic heterocycles. The van der Waals surface area contributed by atoms with Gasteiger partial charge in [-0.25, -0.2) is 0 Å². The van der Waals surface area contributed by atoms with E-state index >= 15 is 0 Å². The Bertz CT molecular complexity index is 359. The van der Waals surface area contributed by atoms with Crippen molar-refractivity contribution in [2.24, 2.45) is 0 Å². The minimum absolute atomic E-state index is 0.105. The molecule has 0 aliphatic carbocycles. The van der Waals surface area contributed by atoms with Crippen LogP contribution < -0.4 is 5.32 Å². The van der Waals surface area contributed by atoms with E-state index in [1.165, 1.54) is 24.9 Å². The van der Waals surface area contributed by atoms with Gasteiger partial charge in [0.2, 0.25) is 0 Å². The molecule has 1 saturated heterocycles. The van der Waals surface area contributed by atoms with Crippen molar-refractivity contribution in [3.05, 3.63) is 35.9 Å². The fourth-order valence-corrected chi connectivity index (χ4v) is 2.71. The van der Waals surface area contributed by atoms with Gasteiger partial charge in [0.05, 0.1) is 19.8 Å². The van der Waals surface area contributed by atoms with E-state index in [4.69, 9.17) is 9.84 Å². The molecule has 0 spiro atoms. The summed E-state index contributed by atoms with van der Waals surface area (Å²) in [5, 5.41) is 12.2. The molecule has 1 aliphatic rings. The van der Waals surface area contributed by atoms with E-state index in [-0.39, 0.29) is 6.61 Å². The lowest BCUT2D eigenvalue weighted by Gasteiger charge is -2.33. The van der Waals surface area contributed by atoms with Crippen LogP contribution in [-0.4, -0.2) is 55.5 Å². The van der Waals surface area contributed by atoms with Gasteiger partial charge in [-0.05, 0) is 24.9 Å². The van der Waals surface area contributed by atoms with Gasteiger partial charge in [0, 0.05) is 25.7 Å². The van der Waals surface area contributed by atoms with Gasteiger partial charge in [0.1, 0.15) is 0 Å². The summed E-state index contributed by atoms with van der Waals surface area (Å²) in [6.07, 6.45) is 2.49. The van der Waals surface area contributed by atoms with E-state index in [1.807, 2.05) is 0 Å². The Balaban J connectivity index is 1.66. The SMILES string of the molecule is OCCOCCNC1CCCN(Cc2ccccc2)C1. The number of hydrogen-bond donors (Lipinski definition) is 2. The van der Waals surface area contributed by atoms with Crippen LogP contribution in [0.5, 0.6) is 0 Å². The smallest absolute Gasteiger partial charge is 0.0698 e. The van der Waals surface area contributed by atoms with Crippen molar-refractivity contribution in [3.8, 4) is 0 Å². The summed E-state index contributed by atoms with van der Waals surface area (Å²) in [6, 6.07) is 11.2. The van der Waals surface area contributed by atoms with Crippen LogP contribution in [0.3, 0.4) is 0 Å². The maximum Gasteiger partial charge on any atom is 0.0698 e. The Kier molecular flexibility index (Phi) is 7.01. The summed E-state index contributed by atoms with van der Waals surface area (Å²) >= 11 is 0. The van der Waals surface area contributed by atoms with Gasteiger partial charge in [0.15, 0.2) is 0 Å². The first kappa shape index (κ1) is 15.4. The maximum atomic E-state index is 8.64. The molecule has 2 N–H and O–H groups in total. The van der Waals surface area contributed by atoms with Crippen LogP contribution in [0.1, 0.15) is 18.4 Å². The molecule has 1 aliphatic heterocycles. The molecule has 2 rings (SSSR count). The molecular weight excluding hydrogens is 252 g/mol. The number of benzene rings is 1. The number of likely N-dealkylation sites (tertiary alicyclic amines) is 1. The molecule has 1 unspecified atom stereocenters. The number of nitrogens with one attached hydrogen (secondary N) is 1. The van der Waals surface area contributed by atoms with Crippen LogP contribution in [0, 0.1) is 0 Å². The van der Waals surface area contributed by atoms with E-state index < -0.39 is 0 Å². The third-order valence-electron chi connectivity index (χ3n) is 3.67. The van der Waals surface area contributed by atoms with Crippen LogP contribution in [0.15, 0.2) is 30.3 Å². The number of nitrogens with zero attached hydrogens (tertiary/aromatic N) is 1. The number of aliphatic hydroxyl groups excluding tert-OH is 1. The van der Waals surface area contributed by atoms with Crippen LogP contribution in [-0.2, 0) is 11.3 Å². The predicted molar refractivity (Wildman–Crippen MR) is 80.6 cm³/mol. The van der Waals surface area contributed by atoms with Crippen molar-refractivity contribution in [3.63, 3.8) is 0 Å². The molecule has 0 radical (unpaired) electrons. The highest BCUT2D eigenvalue weighted by Gasteiger charge is 2.19. The Morgan fingerprint density at radius 1 is 1.25 bits per heavy atom. The lowest BCUT2D eigenvalue weighted by atomic mass is 10.0. The Morgan fingerprint density at radius 3 is 2.90 bits per heavy atom. The Hall–Kier alpha value is -0.940. The van der Waals surface area contributed by atoms with E-state index in [9.17, 15) is 0 Å². The summed E-state index contributed by atoms with van der Waals surface area (Å²) in [7, 11) is 0. The largest absolute Gasteiger partial charge is 0.394 e. The average Bonchev–Trinajstić information content (AvgIpc) is 2.48. The molecule has 1 atom stereocenters. The fourth-order valence-electron chi connectivity index (χ4n) is 2.71. The lowest BCUT2D eigenvalue weighted by molar-refractivity contribution is 0.0894. The molecule has 4 heteroatoms. The van der Waals surface area contributed by atoms with Crippen molar-refractivity contribution in [1.29, 1.82) is 0 Å². The second-order valence-electron chi connectivity index (χ2n) is 5.35. The number of hydrogen-bond acceptors (Lipinski definition) is 4. The topological polar surface area (TPSA) is 44.7 Å². The average molecular weight is 278 g/mol. The molecule has 1 fully saturated rings. The minimum atomic E-state index is 0.105. The van der Waals surface area contributed by atoms with Gasteiger partial charge in [-0.1, -0.05) is 30.3 Å². The zero-order valence-corrected chi connectivity index (χ0v) is 12.1. The second kappa shape index (κ2) is 9.08. The van der Waals surface area contributed by atoms with E-state index in [1.54, 1.807) is 0 Å². The molecule has 1 aromatic rings. The van der Waals surface area contributed by atoms with Gasteiger partial charge in [-0.3, -0.25) is 4.90 Å². The number of piperidine rings is 1. The van der Waals surface area contributed by atoms with Crippen molar-refractivity contribution >= 4 is 0 Å². The maximum absolute atomic E-state index is 8.64. The van der Waals surface area contributed by atoms with Gasteiger partial charge < -0.3 is 15.2 Å². The number of ether oxygens (including phenoxy) is 1. The summed E-state index contributed by atoms with van der Waals surface area (Å²) < 4.78 is 5.27. The third kappa shape index (κ3) is 5.59. The first-order valence-corrected chi connectivity index (χ1v) is 7.57. The second-order valence-corrected chi connectivity index (χ2v) is 5.35. The number of aliphatic hydroxyl groups is 1. The van der Waals surface area contributed by atoms with E-state index in [0.717, 1.165) is 19.6 Å². The standard InChI is InChI=1S/C16H26N2O2/c19-10-12-20-11-8-17-16-7-4-9-18(14-16)13-15-5-2-1-3-6-15/h1-3,5-6,16-17,19H,4,7-14H2. The van der Waals surface area contributed by atoms with Gasteiger partial charge >= 0.3 is 0 Å². The molecule has 20 heavy (non-hydrogen) atoms. The highest BCUT2D eigenvalue weighted by molar-refractivity contribution is 5.14. The van der Waals surface area contributed by atoms with Crippen LogP contribution >= 0.6 is 0 Å². The fraction of sp³-hybridized carbons (Fsp3) is 0.625. The Morgan fingerprint density at radius 2 is 2.10 bits per heavy atom. The van der Waals surface area contributed by atoms with Crippen LogP contribution in [0.25, 0.3) is 0 Å². The lowest BCUT2D eigenvalue weighted by Crippen LogP contribution is -2.46. The third-order valence-corrected chi connectivity index (χ3v) is 3.67. The molecule has 0 bridgehead atoms. The number of rotatable bonds is 8. The molecule has 0 amide bonds. The van der Waals surface area contributed by atoms with Gasteiger partial charge in [-0.2, -0.15) is 0 Å². The van der Waals surface area contributed by atoms with Crippen molar-refractivity contribution in [2.75, 3.05) is 39.5 Å².